The molecule has 3 heterocycles. The van der Waals surface area contributed by atoms with Crippen molar-refractivity contribution in [1.82, 2.24) is 14.7 Å². The normalized spacial score (nSPS) is 32.1. The number of hydrogen-bond acceptors (Lipinski definition) is 4. The van der Waals surface area contributed by atoms with Crippen LogP contribution in [-0.2, 0) is 9.53 Å². The molecule has 2 atom stereocenters. The molecular weight excluding hydrogens is 270 g/mol. The maximum atomic E-state index is 12.2. The quantitative estimate of drug-likeness (QED) is 0.726. The highest BCUT2D eigenvalue weighted by Gasteiger charge is 2.40. The van der Waals surface area contributed by atoms with Crippen LogP contribution >= 0.6 is 0 Å². The van der Waals surface area contributed by atoms with Gasteiger partial charge in [0.15, 0.2) is 0 Å². The molecule has 3 aliphatic heterocycles. The van der Waals surface area contributed by atoms with E-state index < -0.39 is 0 Å². The van der Waals surface area contributed by atoms with Gasteiger partial charge in [-0.1, -0.05) is 0 Å². The number of esters is 1. The van der Waals surface area contributed by atoms with Crippen LogP contribution in [0.1, 0.15) is 33.1 Å². The number of likely N-dealkylation sites (tertiary alicyclic amines) is 1. The van der Waals surface area contributed by atoms with Crippen LogP contribution in [-0.4, -0.2) is 77.6 Å². The smallest absolute Gasteiger partial charge is 0.323 e. The number of amides is 2. The SMILES string of the molecule is CCN1CCN(C2CCN([C@@H]3C[C@H](C)OC3=O)CC2)C1=O. The standard InChI is InChI=1S/C15H25N3O3/c1-3-16-8-9-18(15(16)20)12-4-6-17(7-5-12)13-10-11(2)21-14(13)19/h11-13H,3-10H2,1-2H3/t11-,13+/m0/s1. The minimum Gasteiger partial charge on any atom is -0.461 e. The van der Waals surface area contributed by atoms with Gasteiger partial charge >= 0.3 is 12.0 Å². The molecule has 0 aromatic heterocycles. The van der Waals surface area contributed by atoms with Crippen molar-refractivity contribution in [2.45, 2.75) is 51.3 Å². The third-order valence-corrected chi connectivity index (χ3v) is 5.03. The highest BCUT2D eigenvalue weighted by molar-refractivity contribution is 5.78. The van der Waals surface area contributed by atoms with E-state index in [0.717, 1.165) is 52.0 Å². The van der Waals surface area contributed by atoms with Crippen molar-refractivity contribution in [3.63, 3.8) is 0 Å². The zero-order chi connectivity index (χ0) is 15.0. The summed E-state index contributed by atoms with van der Waals surface area (Å²) in [5.41, 5.74) is 0. The number of carbonyl (C=O) groups excluding carboxylic acids is 2. The number of ether oxygens (including phenoxy) is 1. The van der Waals surface area contributed by atoms with Crippen LogP contribution in [0.5, 0.6) is 0 Å². The molecule has 3 aliphatic rings. The van der Waals surface area contributed by atoms with Gasteiger partial charge in [0.2, 0.25) is 0 Å². The summed E-state index contributed by atoms with van der Waals surface area (Å²) in [4.78, 5) is 30.2. The second kappa shape index (κ2) is 5.83. The molecule has 118 valence electrons. The first-order valence-electron chi connectivity index (χ1n) is 8.10. The molecule has 0 radical (unpaired) electrons. The van der Waals surface area contributed by atoms with E-state index in [9.17, 15) is 9.59 Å². The van der Waals surface area contributed by atoms with Gasteiger partial charge in [-0.15, -0.1) is 0 Å². The molecule has 6 heteroatoms. The maximum absolute atomic E-state index is 12.2. The molecule has 0 aliphatic carbocycles. The zero-order valence-electron chi connectivity index (χ0n) is 13.0. The van der Waals surface area contributed by atoms with E-state index in [4.69, 9.17) is 4.74 Å². The molecule has 3 fully saturated rings. The van der Waals surface area contributed by atoms with Crippen molar-refractivity contribution >= 4 is 12.0 Å². The van der Waals surface area contributed by atoms with Gasteiger partial charge in [0.1, 0.15) is 12.1 Å². The Morgan fingerprint density at radius 2 is 1.86 bits per heavy atom. The fourth-order valence-electron chi connectivity index (χ4n) is 3.78. The lowest BCUT2D eigenvalue weighted by Gasteiger charge is -2.38. The first-order valence-corrected chi connectivity index (χ1v) is 8.10. The minimum atomic E-state index is -0.0737. The number of nitrogens with zero attached hydrogens (tertiary/aromatic N) is 3. The Morgan fingerprint density at radius 3 is 2.38 bits per heavy atom. The Hall–Kier alpha value is -1.30. The summed E-state index contributed by atoms with van der Waals surface area (Å²) < 4.78 is 5.25. The van der Waals surface area contributed by atoms with E-state index in [1.54, 1.807) is 0 Å². The summed E-state index contributed by atoms with van der Waals surface area (Å²) in [6.07, 6.45) is 2.76. The molecule has 0 spiro atoms. The van der Waals surface area contributed by atoms with Crippen molar-refractivity contribution in [2.75, 3.05) is 32.7 Å². The molecule has 0 bridgehead atoms. The lowest BCUT2D eigenvalue weighted by atomic mass is 10.0. The van der Waals surface area contributed by atoms with Gasteiger partial charge in [-0.05, 0) is 26.7 Å². The second-order valence-corrected chi connectivity index (χ2v) is 6.32. The first-order chi connectivity index (χ1) is 10.1. The van der Waals surface area contributed by atoms with Crippen LogP contribution in [0.3, 0.4) is 0 Å². The minimum absolute atomic E-state index is 0.0403. The summed E-state index contributed by atoms with van der Waals surface area (Å²) in [5.74, 6) is -0.0737. The third kappa shape index (κ3) is 2.73. The highest BCUT2D eigenvalue weighted by Crippen LogP contribution is 2.26. The predicted octanol–water partition coefficient (Wildman–Crippen LogP) is 0.912. The largest absolute Gasteiger partial charge is 0.461 e. The molecule has 2 amide bonds. The van der Waals surface area contributed by atoms with Crippen molar-refractivity contribution in [1.29, 1.82) is 0 Å². The molecule has 3 saturated heterocycles. The number of piperidine rings is 1. The van der Waals surface area contributed by atoms with Crippen LogP contribution in [0.25, 0.3) is 0 Å². The Labute approximate surface area is 126 Å². The topological polar surface area (TPSA) is 53.1 Å². The summed E-state index contributed by atoms with van der Waals surface area (Å²) >= 11 is 0. The molecule has 0 N–H and O–H groups in total. The van der Waals surface area contributed by atoms with Gasteiger partial charge in [-0.2, -0.15) is 0 Å². The molecule has 0 aromatic carbocycles. The second-order valence-electron chi connectivity index (χ2n) is 6.32. The maximum Gasteiger partial charge on any atom is 0.323 e. The fraction of sp³-hybridized carbons (Fsp3) is 0.867. The number of carbonyl (C=O) groups is 2. The highest BCUT2D eigenvalue weighted by atomic mass is 16.6. The zero-order valence-corrected chi connectivity index (χ0v) is 13.0. The third-order valence-electron chi connectivity index (χ3n) is 5.03. The van der Waals surface area contributed by atoms with Crippen LogP contribution in [0.15, 0.2) is 0 Å². The molecule has 3 rings (SSSR count). The predicted molar refractivity (Wildman–Crippen MR) is 77.9 cm³/mol. The molecular formula is C15H25N3O3. The summed E-state index contributed by atoms with van der Waals surface area (Å²) in [7, 11) is 0. The van der Waals surface area contributed by atoms with E-state index in [0.29, 0.717) is 6.04 Å². The van der Waals surface area contributed by atoms with E-state index in [-0.39, 0.29) is 24.1 Å². The molecule has 0 aromatic rings. The first kappa shape index (κ1) is 14.6. The molecule has 6 nitrogen and oxygen atoms in total. The van der Waals surface area contributed by atoms with Gasteiger partial charge in [-0.3, -0.25) is 9.69 Å². The molecule has 0 saturated carbocycles. The number of hydrogen-bond donors (Lipinski definition) is 0. The number of rotatable bonds is 3. The fourth-order valence-corrected chi connectivity index (χ4v) is 3.78. The van der Waals surface area contributed by atoms with E-state index >= 15 is 0 Å². The van der Waals surface area contributed by atoms with Crippen molar-refractivity contribution < 1.29 is 14.3 Å². The van der Waals surface area contributed by atoms with Gasteiger partial charge in [0.05, 0.1) is 0 Å². The molecule has 21 heavy (non-hydrogen) atoms. The summed E-state index contributed by atoms with van der Waals surface area (Å²) in [6, 6.07) is 0.451. The average molecular weight is 295 g/mol. The van der Waals surface area contributed by atoms with Crippen LogP contribution in [0.2, 0.25) is 0 Å². The Morgan fingerprint density at radius 1 is 1.14 bits per heavy atom. The summed E-state index contributed by atoms with van der Waals surface area (Å²) in [6.45, 7) is 8.23. The van der Waals surface area contributed by atoms with Gasteiger partial charge in [-0.25, -0.2) is 4.79 Å². The Balaban J connectivity index is 1.54. The monoisotopic (exact) mass is 295 g/mol. The van der Waals surface area contributed by atoms with Gasteiger partial charge in [0.25, 0.3) is 0 Å². The van der Waals surface area contributed by atoms with Crippen LogP contribution in [0, 0.1) is 0 Å². The van der Waals surface area contributed by atoms with Crippen LogP contribution < -0.4 is 0 Å². The average Bonchev–Trinajstić information content (AvgIpc) is 3.01. The van der Waals surface area contributed by atoms with Crippen LogP contribution in [0.4, 0.5) is 4.79 Å². The molecule has 0 unspecified atom stereocenters. The number of urea groups is 1. The van der Waals surface area contributed by atoms with Gasteiger partial charge < -0.3 is 14.5 Å². The van der Waals surface area contributed by atoms with Crippen molar-refractivity contribution in [3.8, 4) is 0 Å². The van der Waals surface area contributed by atoms with Crippen molar-refractivity contribution in [3.05, 3.63) is 0 Å². The summed E-state index contributed by atoms with van der Waals surface area (Å²) in [5, 5.41) is 0. The number of cyclic esters (lactones) is 1. The number of likely N-dealkylation sites (N-methyl/N-ethyl adjacent to an activating group) is 1. The lowest BCUT2D eigenvalue weighted by molar-refractivity contribution is -0.145. The Kier molecular flexibility index (Phi) is 4.06. The van der Waals surface area contributed by atoms with Gasteiger partial charge in [0, 0.05) is 45.2 Å². The van der Waals surface area contributed by atoms with Crippen molar-refractivity contribution in [2.24, 2.45) is 0 Å². The van der Waals surface area contributed by atoms with E-state index in [2.05, 4.69) is 4.90 Å². The Bertz CT molecular complexity index is 420. The van der Waals surface area contributed by atoms with E-state index in [1.807, 2.05) is 23.6 Å². The lowest BCUT2D eigenvalue weighted by Crippen LogP contribution is -2.50. The van der Waals surface area contributed by atoms with E-state index in [1.165, 1.54) is 0 Å².